The molecule has 2 unspecified atom stereocenters. The minimum atomic E-state index is 0.460. The highest BCUT2D eigenvalue weighted by Gasteiger charge is 2.35. The third-order valence-electron chi connectivity index (χ3n) is 4.59. The Labute approximate surface area is 121 Å². The molecule has 1 N–H and O–H groups in total. The van der Waals surface area contributed by atoms with Gasteiger partial charge < -0.3 is 5.32 Å². The van der Waals surface area contributed by atoms with Gasteiger partial charge in [0.15, 0.2) is 0 Å². The van der Waals surface area contributed by atoms with Gasteiger partial charge in [0.2, 0.25) is 0 Å². The van der Waals surface area contributed by atoms with E-state index < -0.39 is 0 Å². The quantitative estimate of drug-likeness (QED) is 0.791. The Kier molecular flexibility index (Phi) is 6.32. The summed E-state index contributed by atoms with van der Waals surface area (Å²) in [4.78, 5) is 2.73. The lowest BCUT2D eigenvalue weighted by atomic mass is 9.80. The van der Waals surface area contributed by atoms with Gasteiger partial charge in [0, 0.05) is 19.1 Å². The van der Waals surface area contributed by atoms with Crippen molar-refractivity contribution >= 4 is 0 Å². The fraction of sp³-hybridized carbons (Fsp3) is 1.00. The molecule has 0 amide bonds. The Morgan fingerprint density at radius 3 is 2.16 bits per heavy atom. The molecule has 114 valence electrons. The summed E-state index contributed by atoms with van der Waals surface area (Å²) in [6, 6.07) is 0.700. The molecule has 1 aliphatic rings. The van der Waals surface area contributed by atoms with Crippen molar-refractivity contribution in [2.45, 2.75) is 60.9 Å². The van der Waals surface area contributed by atoms with Crippen molar-refractivity contribution in [3.63, 3.8) is 0 Å². The van der Waals surface area contributed by atoms with Crippen LogP contribution in [0.3, 0.4) is 0 Å². The Morgan fingerprint density at radius 1 is 1.11 bits per heavy atom. The molecule has 0 bridgehead atoms. The van der Waals surface area contributed by atoms with E-state index in [2.05, 4.69) is 58.7 Å². The van der Waals surface area contributed by atoms with Crippen LogP contribution in [0.2, 0.25) is 0 Å². The van der Waals surface area contributed by atoms with E-state index in [0.717, 1.165) is 30.8 Å². The molecule has 0 aliphatic carbocycles. The maximum atomic E-state index is 3.66. The summed E-state index contributed by atoms with van der Waals surface area (Å²) >= 11 is 0. The van der Waals surface area contributed by atoms with E-state index in [1.807, 2.05) is 0 Å². The second kappa shape index (κ2) is 7.08. The molecule has 0 aromatic heterocycles. The van der Waals surface area contributed by atoms with Gasteiger partial charge in [0.25, 0.3) is 0 Å². The van der Waals surface area contributed by atoms with E-state index in [-0.39, 0.29) is 0 Å². The second-order valence-electron chi connectivity index (χ2n) is 8.21. The predicted molar refractivity (Wildman–Crippen MR) is 85.5 cm³/mol. The lowest BCUT2D eigenvalue weighted by molar-refractivity contribution is 0.159. The number of nitrogens with one attached hydrogen (secondary N) is 1. The smallest absolute Gasteiger partial charge is 0.0243 e. The Bertz CT molecular complexity index is 252. The third kappa shape index (κ3) is 5.43. The van der Waals surface area contributed by atoms with Gasteiger partial charge in [-0.05, 0) is 42.7 Å². The lowest BCUT2D eigenvalue weighted by Crippen LogP contribution is -2.45. The van der Waals surface area contributed by atoms with Crippen LogP contribution < -0.4 is 5.32 Å². The molecule has 2 heteroatoms. The Morgan fingerprint density at radius 2 is 1.74 bits per heavy atom. The van der Waals surface area contributed by atoms with Crippen molar-refractivity contribution in [3.05, 3.63) is 0 Å². The van der Waals surface area contributed by atoms with Gasteiger partial charge in [-0.1, -0.05) is 48.5 Å². The van der Waals surface area contributed by atoms with Crippen LogP contribution in [-0.4, -0.2) is 37.1 Å². The molecule has 1 saturated heterocycles. The normalized spacial score (nSPS) is 23.5. The number of hydrogen-bond donors (Lipinski definition) is 1. The zero-order valence-corrected chi connectivity index (χ0v) is 14.3. The van der Waals surface area contributed by atoms with Crippen molar-refractivity contribution in [2.24, 2.45) is 23.2 Å². The van der Waals surface area contributed by atoms with Crippen molar-refractivity contribution in [2.75, 3.05) is 26.2 Å². The van der Waals surface area contributed by atoms with Crippen LogP contribution in [0.1, 0.15) is 54.9 Å². The van der Waals surface area contributed by atoms with Gasteiger partial charge in [-0.2, -0.15) is 0 Å². The second-order valence-corrected chi connectivity index (χ2v) is 8.21. The molecule has 0 aromatic rings. The number of rotatable bonds is 6. The highest BCUT2D eigenvalue weighted by atomic mass is 15.2. The first kappa shape index (κ1) is 17.0. The molecule has 1 fully saturated rings. The molecule has 2 atom stereocenters. The fourth-order valence-electron chi connectivity index (χ4n) is 3.10. The summed E-state index contributed by atoms with van der Waals surface area (Å²) in [5.41, 5.74) is 0.460. The van der Waals surface area contributed by atoms with E-state index in [1.165, 1.54) is 19.5 Å². The summed E-state index contributed by atoms with van der Waals surface area (Å²) < 4.78 is 0. The molecular formula is C17H36N2. The molecule has 0 saturated carbocycles. The molecule has 1 aliphatic heterocycles. The van der Waals surface area contributed by atoms with Gasteiger partial charge in [-0.15, -0.1) is 0 Å². The fourth-order valence-corrected chi connectivity index (χ4v) is 3.10. The largest absolute Gasteiger partial charge is 0.315 e. The first-order valence-corrected chi connectivity index (χ1v) is 8.16. The van der Waals surface area contributed by atoms with Gasteiger partial charge in [0.1, 0.15) is 0 Å². The van der Waals surface area contributed by atoms with Crippen molar-refractivity contribution in [3.8, 4) is 0 Å². The standard InChI is InChI=1S/C17H36N2/c1-13(2)10-18-11-16(14(3)4)19-9-8-15(12-19)17(5,6)7/h13-16,18H,8-12H2,1-7H3. The third-order valence-corrected chi connectivity index (χ3v) is 4.59. The van der Waals surface area contributed by atoms with Crippen LogP contribution in [0.4, 0.5) is 0 Å². The number of likely N-dealkylation sites (tertiary alicyclic amines) is 1. The average Bonchev–Trinajstić information content (AvgIpc) is 2.71. The summed E-state index contributed by atoms with van der Waals surface area (Å²) in [7, 11) is 0. The molecule has 0 spiro atoms. The van der Waals surface area contributed by atoms with Crippen molar-refractivity contribution in [1.29, 1.82) is 0 Å². The average molecular weight is 268 g/mol. The zero-order valence-electron chi connectivity index (χ0n) is 14.3. The molecule has 1 heterocycles. The summed E-state index contributed by atoms with van der Waals surface area (Å²) in [6.45, 7) is 21.3. The lowest BCUT2D eigenvalue weighted by Gasteiger charge is -2.33. The van der Waals surface area contributed by atoms with Crippen molar-refractivity contribution in [1.82, 2.24) is 10.2 Å². The predicted octanol–water partition coefficient (Wildman–Crippen LogP) is 3.62. The minimum Gasteiger partial charge on any atom is -0.315 e. The van der Waals surface area contributed by atoms with E-state index in [4.69, 9.17) is 0 Å². The van der Waals surface area contributed by atoms with Crippen LogP contribution in [0.25, 0.3) is 0 Å². The molecule has 19 heavy (non-hydrogen) atoms. The van der Waals surface area contributed by atoms with Gasteiger partial charge in [-0.25, -0.2) is 0 Å². The van der Waals surface area contributed by atoms with Crippen molar-refractivity contribution < 1.29 is 0 Å². The molecular weight excluding hydrogens is 232 g/mol. The summed E-state index contributed by atoms with van der Waals surface area (Å²) in [6.07, 6.45) is 1.37. The van der Waals surface area contributed by atoms with Gasteiger partial charge >= 0.3 is 0 Å². The van der Waals surface area contributed by atoms with E-state index in [0.29, 0.717) is 11.5 Å². The van der Waals surface area contributed by atoms with Crippen LogP contribution in [0.5, 0.6) is 0 Å². The van der Waals surface area contributed by atoms with E-state index >= 15 is 0 Å². The molecule has 2 nitrogen and oxygen atoms in total. The molecule has 1 rings (SSSR count). The highest BCUT2D eigenvalue weighted by Crippen LogP contribution is 2.35. The number of hydrogen-bond acceptors (Lipinski definition) is 2. The van der Waals surface area contributed by atoms with E-state index in [9.17, 15) is 0 Å². The van der Waals surface area contributed by atoms with Crippen LogP contribution in [0, 0.1) is 23.2 Å². The Hall–Kier alpha value is -0.0800. The van der Waals surface area contributed by atoms with Crippen LogP contribution >= 0.6 is 0 Å². The van der Waals surface area contributed by atoms with Gasteiger partial charge in [0.05, 0.1) is 0 Å². The maximum Gasteiger partial charge on any atom is 0.0243 e. The minimum absolute atomic E-state index is 0.460. The van der Waals surface area contributed by atoms with Crippen LogP contribution in [-0.2, 0) is 0 Å². The first-order chi connectivity index (χ1) is 8.71. The Balaban J connectivity index is 2.49. The van der Waals surface area contributed by atoms with E-state index in [1.54, 1.807) is 0 Å². The SMILES string of the molecule is CC(C)CNCC(C(C)C)N1CCC(C(C)(C)C)C1. The molecule has 0 aromatic carbocycles. The van der Waals surface area contributed by atoms with Crippen LogP contribution in [0.15, 0.2) is 0 Å². The maximum absolute atomic E-state index is 3.66. The summed E-state index contributed by atoms with van der Waals surface area (Å²) in [5, 5.41) is 3.66. The first-order valence-electron chi connectivity index (χ1n) is 8.16. The molecule has 0 radical (unpaired) electrons. The number of nitrogens with zero attached hydrogens (tertiary/aromatic N) is 1. The topological polar surface area (TPSA) is 15.3 Å². The monoisotopic (exact) mass is 268 g/mol. The highest BCUT2D eigenvalue weighted by molar-refractivity contribution is 4.89. The van der Waals surface area contributed by atoms with Gasteiger partial charge in [-0.3, -0.25) is 4.90 Å². The zero-order chi connectivity index (χ0) is 14.6. The summed E-state index contributed by atoms with van der Waals surface area (Å²) in [5.74, 6) is 2.34.